The lowest BCUT2D eigenvalue weighted by Gasteiger charge is -2.31. The maximum absolute atomic E-state index is 12.6. The van der Waals surface area contributed by atoms with Crippen LogP contribution in [0.5, 0.6) is 0 Å². The van der Waals surface area contributed by atoms with E-state index in [1.54, 1.807) is 11.1 Å². The van der Waals surface area contributed by atoms with Gasteiger partial charge < -0.3 is 10.2 Å². The van der Waals surface area contributed by atoms with Crippen LogP contribution in [0, 0.1) is 11.3 Å². The number of H-pyrrole nitrogens is 1. The van der Waals surface area contributed by atoms with Crippen LogP contribution in [0.1, 0.15) is 55.8 Å². The minimum atomic E-state index is -0.347. The Labute approximate surface area is 209 Å². The fourth-order valence-corrected chi connectivity index (χ4v) is 5.07. The summed E-state index contributed by atoms with van der Waals surface area (Å²) in [4.78, 5) is 38.3. The van der Waals surface area contributed by atoms with Crippen LogP contribution >= 0.6 is 0 Å². The zero-order valence-corrected chi connectivity index (χ0v) is 20.2. The van der Waals surface area contributed by atoms with Gasteiger partial charge in [0.25, 0.3) is 5.56 Å². The molecule has 5 rings (SSSR count). The topological polar surface area (TPSA) is 131 Å². The van der Waals surface area contributed by atoms with Crippen molar-refractivity contribution in [1.82, 2.24) is 30.0 Å². The molecule has 2 saturated heterocycles. The Bertz CT molecular complexity index is 1320. The van der Waals surface area contributed by atoms with Crippen molar-refractivity contribution in [2.45, 2.75) is 51.0 Å². The van der Waals surface area contributed by atoms with E-state index in [0.717, 1.165) is 25.3 Å². The molecule has 0 saturated carbocycles. The number of hydrogen-bond acceptors (Lipinski definition) is 8. The van der Waals surface area contributed by atoms with Crippen molar-refractivity contribution in [2.24, 2.45) is 0 Å². The van der Waals surface area contributed by atoms with Crippen molar-refractivity contribution in [1.29, 1.82) is 5.26 Å². The van der Waals surface area contributed by atoms with E-state index in [1.165, 1.54) is 24.8 Å². The average Bonchev–Trinajstić information content (AvgIpc) is 2.90. The van der Waals surface area contributed by atoms with Crippen LogP contribution in [-0.2, 0) is 11.3 Å². The molecule has 4 heterocycles. The molecule has 1 aromatic carbocycles. The van der Waals surface area contributed by atoms with Gasteiger partial charge >= 0.3 is 0 Å². The summed E-state index contributed by atoms with van der Waals surface area (Å²) in [7, 11) is 0. The number of carbonyl (C=O) groups excluding carboxylic acids is 1. The van der Waals surface area contributed by atoms with Gasteiger partial charge in [0.1, 0.15) is 29.0 Å². The molecule has 36 heavy (non-hydrogen) atoms. The highest BCUT2D eigenvalue weighted by Crippen LogP contribution is 2.29. The largest absolute Gasteiger partial charge is 0.342 e. The summed E-state index contributed by atoms with van der Waals surface area (Å²) in [5.41, 5.74) is 2.24. The van der Waals surface area contributed by atoms with Crippen LogP contribution < -0.4 is 10.9 Å². The van der Waals surface area contributed by atoms with Gasteiger partial charge in [-0.15, -0.1) is 0 Å². The molecule has 0 bridgehead atoms. The van der Waals surface area contributed by atoms with Crippen LogP contribution in [0.4, 0.5) is 11.5 Å². The van der Waals surface area contributed by atoms with E-state index in [-0.39, 0.29) is 23.8 Å². The van der Waals surface area contributed by atoms with Crippen LogP contribution in [-0.4, -0.2) is 62.1 Å². The fourth-order valence-electron chi connectivity index (χ4n) is 5.07. The summed E-state index contributed by atoms with van der Waals surface area (Å²) < 4.78 is 0. The van der Waals surface area contributed by atoms with Crippen molar-refractivity contribution in [3.05, 3.63) is 52.2 Å². The molecular formula is C26H30N8O2. The van der Waals surface area contributed by atoms with Crippen molar-refractivity contribution >= 4 is 28.3 Å². The Morgan fingerprint density at radius 2 is 1.83 bits per heavy atom. The standard InChI is InChI=1S/C26H30N8O2/c27-11-8-22(35)34-14-9-19(10-15-34)24-30-21-16-28-32-26(36)23(21)25(31-24)29-20-6-4-18(5-7-20)17-33-12-2-1-3-13-33/h4-7,16,19H,1-3,8-10,12-15,17H2,(H,32,36)(H,29,30,31). The predicted molar refractivity (Wildman–Crippen MR) is 136 cm³/mol. The van der Waals surface area contributed by atoms with E-state index in [1.807, 2.05) is 18.2 Å². The number of nitrogens with zero attached hydrogens (tertiary/aromatic N) is 6. The van der Waals surface area contributed by atoms with Crippen LogP contribution in [0.25, 0.3) is 10.9 Å². The number of fused-ring (bicyclic) bond motifs is 1. The number of benzene rings is 1. The molecule has 10 nitrogen and oxygen atoms in total. The van der Waals surface area contributed by atoms with Gasteiger partial charge in [0, 0.05) is 31.2 Å². The molecule has 1 amide bonds. The SMILES string of the molecule is N#CCC(=O)N1CCC(c2nc(Nc3ccc(CN4CCCCC4)cc3)c3c(=O)[nH]ncc3n2)CC1. The average molecular weight is 487 g/mol. The Morgan fingerprint density at radius 1 is 1.08 bits per heavy atom. The number of likely N-dealkylation sites (tertiary alicyclic amines) is 2. The quantitative estimate of drug-likeness (QED) is 0.544. The molecule has 2 N–H and O–H groups in total. The summed E-state index contributed by atoms with van der Waals surface area (Å²) in [6.45, 7) is 4.36. The lowest BCUT2D eigenvalue weighted by Crippen LogP contribution is -2.38. The first-order valence-electron chi connectivity index (χ1n) is 12.6. The van der Waals surface area contributed by atoms with Gasteiger partial charge in [0.05, 0.1) is 12.3 Å². The van der Waals surface area contributed by atoms with Crippen molar-refractivity contribution in [3.8, 4) is 6.07 Å². The number of aromatic amines is 1. The van der Waals surface area contributed by atoms with Gasteiger partial charge in [-0.3, -0.25) is 14.5 Å². The molecular weight excluding hydrogens is 456 g/mol. The van der Waals surface area contributed by atoms with Gasteiger partial charge in [-0.1, -0.05) is 18.6 Å². The van der Waals surface area contributed by atoms with E-state index < -0.39 is 0 Å². The van der Waals surface area contributed by atoms with Crippen molar-refractivity contribution in [2.75, 3.05) is 31.5 Å². The molecule has 0 atom stereocenters. The number of amides is 1. The van der Waals surface area contributed by atoms with E-state index in [2.05, 4.69) is 37.5 Å². The predicted octanol–water partition coefficient (Wildman–Crippen LogP) is 3.06. The first-order chi connectivity index (χ1) is 17.6. The Hall–Kier alpha value is -3.84. The molecule has 2 aliphatic heterocycles. The van der Waals surface area contributed by atoms with E-state index in [0.29, 0.717) is 48.5 Å². The molecule has 0 aliphatic carbocycles. The maximum atomic E-state index is 12.6. The molecule has 0 radical (unpaired) electrons. The lowest BCUT2D eigenvalue weighted by molar-refractivity contribution is -0.131. The Balaban J connectivity index is 1.36. The summed E-state index contributed by atoms with van der Waals surface area (Å²) in [5, 5.41) is 18.9. The number of nitrogens with one attached hydrogen (secondary N) is 2. The summed E-state index contributed by atoms with van der Waals surface area (Å²) in [5.74, 6) is 0.987. The van der Waals surface area contributed by atoms with Crippen LogP contribution in [0.15, 0.2) is 35.3 Å². The molecule has 186 valence electrons. The lowest BCUT2D eigenvalue weighted by atomic mass is 9.95. The molecule has 3 aromatic rings. The molecule has 2 aliphatic rings. The second-order valence-electron chi connectivity index (χ2n) is 9.54. The third-order valence-electron chi connectivity index (χ3n) is 7.05. The number of piperidine rings is 2. The van der Waals surface area contributed by atoms with E-state index in [4.69, 9.17) is 10.2 Å². The summed E-state index contributed by atoms with van der Waals surface area (Å²) >= 11 is 0. The Kier molecular flexibility index (Phi) is 7.18. The number of aromatic nitrogens is 4. The number of nitriles is 1. The summed E-state index contributed by atoms with van der Waals surface area (Å²) in [6.07, 6.45) is 6.69. The van der Waals surface area contributed by atoms with E-state index in [9.17, 15) is 9.59 Å². The summed E-state index contributed by atoms with van der Waals surface area (Å²) in [6, 6.07) is 10.2. The van der Waals surface area contributed by atoms with Gasteiger partial charge in [0.15, 0.2) is 0 Å². The highest BCUT2D eigenvalue weighted by Gasteiger charge is 2.26. The molecule has 2 fully saturated rings. The van der Waals surface area contributed by atoms with Crippen LogP contribution in [0.2, 0.25) is 0 Å². The minimum Gasteiger partial charge on any atom is -0.342 e. The van der Waals surface area contributed by atoms with Gasteiger partial charge in [-0.2, -0.15) is 10.4 Å². The Morgan fingerprint density at radius 3 is 2.56 bits per heavy atom. The molecule has 10 heteroatoms. The molecule has 0 unspecified atom stereocenters. The minimum absolute atomic E-state index is 0.0484. The highest BCUT2D eigenvalue weighted by molar-refractivity contribution is 5.89. The normalized spacial score (nSPS) is 17.1. The zero-order chi connectivity index (χ0) is 24.9. The monoisotopic (exact) mass is 486 g/mol. The fraction of sp³-hybridized carbons (Fsp3) is 0.462. The number of anilines is 2. The number of rotatable bonds is 6. The van der Waals surface area contributed by atoms with Gasteiger partial charge in [-0.25, -0.2) is 15.1 Å². The maximum Gasteiger partial charge on any atom is 0.277 e. The molecule has 0 spiro atoms. The zero-order valence-electron chi connectivity index (χ0n) is 20.2. The second-order valence-corrected chi connectivity index (χ2v) is 9.54. The van der Waals surface area contributed by atoms with E-state index >= 15 is 0 Å². The van der Waals surface area contributed by atoms with Crippen LogP contribution in [0.3, 0.4) is 0 Å². The van der Waals surface area contributed by atoms with Gasteiger partial charge in [-0.05, 0) is 56.5 Å². The number of carbonyl (C=O) groups is 1. The highest BCUT2D eigenvalue weighted by atomic mass is 16.2. The van der Waals surface area contributed by atoms with Crippen molar-refractivity contribution in [3.63, 3.8) is 0 Å². The van der Waals surface area contributed by atoms with Gasteiger partial charge in [0.2, 0.25) is 5.91 Å². The third kappa shape index (κ3) is 5.36. The number of hydrogen-bond donors (Lipinski definition) is 2. The molecule has 2 aromatic heterocycles. The first kappa shape index (κ1) is 23.9. The smallest absolute Gasteiger partial charge is 0.277 e. The second kappa shape index (κ2) is 10.8. The van der Waals surface area contributed by atoms with Crippen molar-refractivity contribution < 1.29 is 4.79 Å². The first-order valence-corrected chi connectivity index (χ1v) is 12.6. The third-order valence-corrected chi connectivity index (χ3v) is 7.05.